The van der Waals surface area contributed by atoms with Crippen LogP contribution in [0.1, 0.15) is 18.7 Å². The van der Waals surface area contributed by atoms with Crippen LogP contribution in [0.2, 0.25) is 0 Å². The molecule has 0 atom stereocenters. The van der Waals surface area contributed by atoms with Gasteiger partial charge in [-0.3, -0.25) is 0 Å². The van der Waals surface area contributed by atoms with E-state index in [4.69, 9.17) is 4.52 Å². The third-order valence-corrected chi connectivity index (χ3v) is 4.27. The second-order valence-corrected chi connectivity index (χ2v) is 5.73. The molecule has 1 aromatic carbocycles. The minimum Gasteiger partial charge on any atom is -0.334 e. The Morgan fingerprint density at radius 3 is 3.11 bits per heavy atom. The fourth-order valence-electron chi connectivity index (χ4n) is 2.10. The summed E-state index contributed by atoms with van der Waals surface area (Å²) in [7, 11) is 0. The highest BCUT2D eigenvalue weighted by molar-refractivity contribution is 7.17. The molecule has 0 spiro atoms. The second kappa shape index (κ2) is 4.43. The molecule has 4 rings (SSSR count). The molecule has 0 amide bonds. The zero-order valence-corrected chi connectivity index (χ0v) is 11.1. The number of rotatable bonds is 4. The number of fused-ring (bicyclic) bond motifs is 1. The lowest BCUT2D eigenvalue weighted by atomic mass is 10.2. The van der Waals surface area contributed by atoms with Crippen molar-refractivity contribution in [2.75, 3.05) is 0 Å². The van der Waals surface area contributed by atoms with Crippen molar-refractivity contribution in [1.82, 2.24) is 15.5 Å². The van der Waals surface area contributed by atoms with Crippen LogP contribution >= 0.6 is 11.3 Å². The third kappa shape index (κ3) is 2.15. The molecule has 0 bridgehead atoms. The van der Waals surface area contributed by atoms with Gasteiger partial charge in [-0.05, 0) is 18.9 Å². The number of benzene rings is 1. The average Bonchev–Trinajstić information content (AvgIpc) is 3.00. The topological polar surface area (TPSA) is 51.0 Å². The third-order valence-electron chi connectivity index (χ3n) is 3.31. The second-order valence-electron chi connectivity index (χ2n) is 4.82. The maximum atomic E-state index is 5.38. The predicted octanol–water partition coefficient (Wildman–Crippen LogP) is 3.20. The standard InChI is InChI=1S/C14H13N3OS/c1-2-4-12-10(3-1)11(8-19-12)14-16-13(17-18-14)7-15-9-5-6-9/h1-4,8-9,15H,5-7H2. The summed E-state index contributed by atoms with van der Waals surface area (Å²) < 4.78 is 6.62. The van der Waals surface area contributed by atoms with Gasteiger partial charge >= 0.3 is 0 Å². The largest absolute Gasteiger partial charge is 0.334 e. The molecule has 4 nitrogen and oxygen atoms in total. The summed E-state index contributed by atoms with van der Waals surface area (Å²) >= 11 is 1.70. The van der Waals surface area contributed by atoms with Gasteiger partial charge in [0.1, 0.15) is 0 Å². The van der Waals surface area contributed by atoms with Crippen molar-refractivity contribution >= 4 is 21.4 Å². The molecule has 5 heteroatoms. The molecule has 1 fully saturated rings. The molecule has 0 radical (unpaired) electrons. The van der Waals surface area contributed by atoms with E-state index in [1.165, 1.54) is 22.9 Å². The first kappa shape index (κ1) is 11.1. The highest BCUT2D eigenvalue weighted by atomic mass is 32.1. The number of hydrogen-bond donors (Lipinski definition) is 1. The Labute approximate surface area is 114 Å². The van der Waals surface area contributed by atoms with Gasteiger partial charge in [-0.25, -0.2) is 0 Å². The highest BCUT2D eigenvalue weighted by Gasteiger charge is 2.21. The van der Waals surface area contributed by atoms with Gasteiger partial charge in [0.2, 0.25) is 0 Å². The van der Waals surface area contributed by atoms with E-state index in [0.717, 1.165) is 11.4 Å². The van der Waals surface area contributed by atoms with Gasteiger partial charge in [0, 0.05) is 21.5 Å². The Balaban J connectivity index is 1.64. The summed E-state index contributed by atoms with van der Waals surface area (Å²) in [6.07, 6.45) is 2.53. The molecule has 1 aliphatic rings. The van der Waals surface area contributed by atoms with Crippen LogP contribution in [0.4, 0.5) is 0 Å². The Hall–Kier alpha value is -1.72. The van der Waals surface area contributed by atoms with Crippen molar-refractivity contribution in [3.05, 3.63) is 35.5 Å². The first-order valence-corrected chi connectivity index (χ1v) is 7.31. The number of aromatic nitrogens is 2. The quantitative estimate of drug-likeness (QED) is 0.791. The molecule has 1 N–H and O–H groups in total. The SMILES string of the molecule is c1ccc2c(-c3nc(CNC4CC4)no3)csc2c1. The van der Waals surface area contributed by atoms with Gasteiger partial charge in [-0.15, -0.1) is 11.3 Å². The van der Waals surface area contributed by atoms with E-state index in [1.807, 2.05) is 12.1 Å². The Kier molecular flexibility index (Phi) is 2.60. The molecule has 1 saturated carbocycles. The molecule has 0 unspecified atom stereocenters. The van der Waals surface area contributed by atoms with E-state index in [9.17, 15) is 0 Å². The van der Waals surface area contributed by atoms with Crippen LogP contribution in [-0.4, -0.2) is 16.2 Å². The maximum Gasteiger partial charge on any atom is 0.259 e. The van der Waals surface area contributed by atoms with E-state index in [-0.39, 0.29) is 0 Å². The smallest absolute Gasteiger partial charge is 0.259 e. The summed E-state index contributed by atoms with van der Waals surface area (Å²) in [5.41, 5.74) is 1.03. The number of nitrogens with zero attached hydrogens (tertiary/aromatic N) is 2. The van der Waals surface area contributed by atoms with Gasteiger partial charge < -0.3 is 9.84 Å². The van der Waals surface area contributed by atoms with Crippen LogP contribution in [-0.2, 0) is 6.54 Å². The zero-order valence-electron chi connectivity index (χ0n) is 10.3. The normalized spacial score (nSPS) is 15.2. The van der Waals surface area contributed by atoms with Crippen LogP contribution in [0.3, 0.4) is 0 Å². The number of thiophene rings is 1. The first-order chi connectivity index (χ1) is 9.40. The highest BCUT2D eigenvalue weighted by Crippen LogP contribution is 2.32. The molecular formula is C14H13N3OS. The molecule has 96 valence electrons. The molecular weight excluding hydrogens is 258 g/mol. The molecule has 0 saturated heterocycles. The van der Waals surface area contributed by atoms with Gasteiger partial charge in [0.05, 0.1) is 12.1 Å². The van der Waals surface area contributed by atoms with Crippen LogP contribution in [0, 0.1) is 0 Å². The van der Waals surface area contributed by atoms with Gasteiger partial charge in [0.15, 0.2) is 5.82 Å². The summed E-state index contributed by atoms with van der Waals surface area (Å²) in [4.78, 5) is 4.47. The van der Waals surface area contributed by atoms with E-state index < -0.39 is 0 Å². The monoisotopic (exact) mass is 271 g/mol. The van der Waals surface area contributed by atoms with Crippen LogP contribution in [0.5, 0.6) is 0 Å². The molecule has 3 aromatic rings. The van der Waals surface area contributed by atoms with E-state index in [0.29, 0.717) is 18.5 Å². The van der Waals surface area contributed by atoms with E-state index in [2.05, 4.69) is 33.0 Å². The Morgan fingerprint density at radius 2 is 2.21 bits per heavy atom. The summed E-state index contributed by atoms with van der Waals surface area (Å²) in [6.45, 7) is 0.691. The summed E-state index contributed by atoms with van der Waals surface area (Å²) in [6, 6.07) is 8.93. The Bertz CT molecular complexity index is 714. The molecule has 2 heterocycles. The minimum atomic E-state index is 0.616. The molecule has 1 aliphatic carbocycles. The lowest BCUT2D eigenvalue weighted by molar-refractivity contribution is 0.419. The maximum absolute atomic E-state index is 5.38. The number of hydrogen-bond acceptors (Lipinski definition) is 5. The Morgan fingerprint density at radius 1 is 1.32 bits per heavy atom. The first-order valence-electron chi connectivity index (χ1n) is 6.43. The van der Waals surface area contributed by atoms with Crippen LogP contribution in [0.15, 0.2) is 34.2 Å². The van der Waals surface area contributed by atoms with Gasteiger partial charge in [0.25, 0.3) is 5.89 Å². The molecule has 19 heavy (non-hydrogen) atoms. The van der Waals surface area contributed by atoms with Gasteiger partial charge in [-0.1, -0.05) is 23.4 Å². The summed E-state index contributed by atoms with van der Waals surface area (Å²) in [5, 5.41) is 10.7. The molecule has 2 aromatic heterocycles. The van der Waals surface area contributed by atoms with Crippen molar-refractivity contribution in [2.24, 2.45) is 0 Å². The van der Waals surface area contributed by atoms with Crippen molar-refractivity contribution < 1.29 is 4.52 Å². The number of nitrogens with one attached hydrogen (secondary N) is 1. The van der Waals surface area contributed by atoms with E-state index in [1.54, 1.807) is 11.3 Å². The van der Waals surface area contributed by atoms with Crippen molar-refractivity contribution in [3.63, 3.8) is 0 Å². The van der Waals surface area contributed by atoms with Crippen molar-refractivity contribution in [2.45, 2.75) is 25.4 Å². The summed E-state index contributed by atoms with van der Waals surface area (Å²) in [5.74, 6) is 1.35. The fraction of sp³-hybridized carbons (Fsp3) is 0.286. The minimum absolute atomic E-state index is 0.616. The average molecular weight is 271 g/mol. The van der Waals surface area contributed by atoms with Crippen LogP contribution < -0.4 is 5.32 Å². The predicted molar refractivity (Wildman–Crippen MR) is 75.0 cm³/mol. The van der Waals surface area contributed by atoms with Crippen molar-refractivity contribution in [3.8, 4) is 11.5 Å². The lowest BCUT2D eigenvalue weighted by Gasteiger charge is -1.94. The fourth-order valence-corrected chi connectivity index (χ4v) is 3.04. The van der Waals surface area contributed by atoms with Crippen LogP contribution in [0.25, 0.3) is 21.5 Å². The zero-order chi connectivity index (χ0) is 12.7. The van der Waals surface area contributed by atoms with Gasteiger partial charge in [-0.2, -0.15) is 4.98 Å². The van der Waals surface area contributed by atoms with Crippen molar-refractivity contribution in [1.29, 1.82) is 0 Å². The lowest BCUT2D eigenvalue weighted by Crippen LogP contribution is -2.16. The van der Waals surface area contributed by atoms with E-state index >= 15 is 0 Å². The molecule has 0 aliphatic heterocycles.